The van der Waals surface area contributed by atoms with E-state index in [0.29, 0.717) is 11.1 Å². The first-order valence-electron chi connectivity index (χ1n) is 4.68. The first kappa shape index (κ1) is 10.3. The van der Waals surface area contributed by atoms with E-state index in [2.05, 4.69) is 4.98 Å². The van der Waals surface area contributed by atoms with Crippen LogP contribution in [0.5, 0.6) is 0 Å². The van der Waals surface area contributed by atoms with Crippen LogP contribution >= 0.6 is 0 Å². The van der Waals surface area contributed by atoms with Crippen molar-refractivity contribution in [1.82, 2.24) is 4.98 Å². The molecule has 2 rings (SSSR count). The standard InChI is InChI=1S/C12H9FN2O/c13-11-2-1-9(12(14)16)7-10(11)8-3-5-15-6-4-8/h1-7H,(H2,14,16). The average molecular weight is 216 g/mol. The molecule has 0 spiro atoms. The van der Waals surface area contributed by atoms with Gasteiger partial charge in [-0.3, -0.25) is 9.78 Å². The van der Waals surface area contributed by atoms with Gasteiger partial charge in [-0.2, -0.15) is 0 Å². The number of benzene rings is 1. The van der Waals surface area contributed by atoms with Gasteiger partial charge in [0, 0.05) is 23.5 Å². The normalized spacial score (nSPS) is 10.1. The van der Waals surface area contributed by atoms with Crippen molar-refractivity contribution in [3.63, 3.8) is 0 Å². The third-order valence-corrected chi connectivity index (χ3v) is 2.24. The number of rotatable bonds is 2. The van der Waals surface area contributed by atoms with Crippen molar-refractivity contribution >= 4 is 5.91 Å². The summed E-state index contributed by atoms with van der Waals surface area (Å²) in [5.74, 6) is -0.966. The number of amides is 1. The highest BCUT2D eigenvalue weighted by molar-refractivity contribution is 5.94. The van der Waals surface area contributed by atoms with Crippen molar-refractivity contribution in [3.8, 4) is 11.1 Å². The summed E-state index contributed by atoms with van der Waals surface area (Å²) in [4.78, 5) is 14.8. The number of nitrogens with zero attached hydrogens (tertiary/aromatic N) is 1. The minimum Gasteiger partial charge on any atom is -0.366 e. The van der Waals surface area contributed by atoms with Crippen LogP contribution < -0.4 is 5.73 Å². The molecule has 0 saturated carbocycles. The molecule has 0 aliphatic heterocycles. The summed E-state index contributed by atoms with van der Waals surface area (Å²) in [5, 5.41) is 0. The van der Waals surface area contributed by atoms with Gasteiger partial charge < -0.3 is 5.73 Å². The van der Waals surface area contributed by atoms with Gasteiger partial charge in [-0.1, -0.05) is 0 Å². The molecule has 0 radical (unpaired) electrons. The van der Waals surface area contributed by atoms with Gasteiger partial charge in [0.1, 0.15) is 5.82 Å². The number of aromatic nitrogens is 1. The van der Waals surface area contributed by atoms with Crippen LogP contribution in [0.25, 0.3) is 11.1 Å². The number of nitrogens with two attached hydrogens (primary N) is 1. The summed E-state index contributed by atoms with van der Waals surface area (Å²) >= 11 is 0. The minimum atomic E-state index is -0.574. The highest BCUT2D eigenvalue weighted by Gasteiger charge is 2.08. The van der Waals surface area contributed by atoms with E-state index >= 15 is 0 Å². The molecule has 1 amide bonds. The second-order valence-corrected chi connectivity index (χ2v) is 3.29. The molecule has 1 aromatic heterocycles. The van der Waals surface area contributed by atoms with Crippen LogP contribution in [0.1, 0.15) is 10.4 Å². The maximum Gasteiger partial charge on any atom is 0.248 e. The van der Waals surface area contributed by atoms with E-state index in [1.807, 2.05) is 0 Å². The molecule has 1 heterocycles. The second kappa shape index (κ2) is 4.10. The number of halogens is 1. The fraction of sp³-hybridized carbons (Fsp3) is 0. The predicted octanol–water partition coefficient (Wildman–Crippen LogP) is 1.99. The zero-order valence-electron chi connectivity index (χ0n) is 8.35. The quantitative estimate of drug-likeness (QED) is 0.834. The fourth-order valence-electron chi connectivity index (χ4n) is 1.43. The monoisotopic (exact) mass is 216 g/mol. The molecule has 3 nitrogen and oxygen atoms in total. The Hall–Kier alpha value is -2.23. The largest absolute Gasteiger partial charge is 0.366 e. The van der Waals surface area contributed by atoms with Crippen molar-refractivity contribution in [2.24, 2.45) is 5.73 Å². The zero-order chi connectivity index (χ0) is 11.5. The van der Waals surface area contributed by atoms with Crippen LogP contribution in [0.15, 0.2) is 42.7 Å². The Kier molecular flexibility index (Phi) is 2.64. The molecule has 2 N–H and O–H groups in total. The van der Waals surface area contributed by atoms with Crippen molar-refractivity contribution in [2.45, 2.75) is 0 Å². The number of carbonyl (C=O) groups excluding carboxylic acids is 1. The highest BCUT2D eigenvalue weighted by Crippen LogP contribution is 2.23. The molecular formula is C12H9FN2O. The summed E-state index contributed by atoms with van der Waals surface area (Å²) in [6, 6.07) is 7.37. The Labute approximate surface area is 91.7 Å². The molecule has 0 atom stereocenters. The number of hydrogen-bond acceptors (Lipinski definition) is 2. The molecule has 80 valence electrons. The Morgan fingerprint density at radius 2 is 1.88 bits per heavy atom. The lowest BCUT2D eigenvalue weighted by Crippen LogP contribution is -2.11. The molecule has 0 aliphatic carbocycles. The van der Waals surface area contributed by atoms with Gasteiger partial charge in [0.05, 0.1) is 0 Å². The van der Waals surface area contributed by atoms with E-state index in [0.717, 1.165) is 0 Å². The first-order valence-corrected chi connectivity index (χ1v) is 4.68. The van der Waals surface area contributed by atoms with Gasteiger partial charge in [0.25, 0.3) is 0 Å². The molecule has 0 unspecified atom stereocenters. The summed E-state index contributed by atoms with van der Waals surface area (Å²) in [7, 11) is 0. The van der Waals surface area contributed by atoms with Crippen LogP contribution in [0, 0.1) is 5.82 Å². The maximum atomic E-state index is 13.5. The van der Waals surface area contributed by atoms with Gasteiger partial charge in [-0.05, 0) is 35.9 Å². The lowest BCUT2D eigenvalue weighted by Gasteiger charge is -2.04. The van der Waals surface area contributed by atoms with E-state index in [9.17, 15) is 9.18 Å². The third-order valence-electron chi connectivity index (χ3n) is 2.24. The minimum absolute atomic E-state index is 0.285. The molecule has 1 aromatic carbocycles. The van der Waals surface area contributed by atoms with Gasteiger partial charge >= 0.3 is 0 Å². The molecule has 0 bridgehead atoms. The van der Waals surface area contributed by atoms with Crippen molar-refractivity contribution < 1.29 is 9.18 Å². The number of carbonyl (C=O) groups is 1. The third kappa shape index (κ3) is 1.91. The molecule has 0 fully saturated rings. The van der Waals surface area contributed by atoms with Crippen LogP contribution in [-0.2, 0) is 0 Å². The predicted molar refractivity (Wildman–Crippen MR) is 58.1 cm³/mol. The van der Waals surface area contributed by atoms with Crippen LogP contribution in [-0.4, -0.2) is 10.9 Å². The molecule has 2 aromatic rings. The summed E-state index contributed by atoms with van der Waals surface area (Å²) in [6.45, 7) is 0. The Morgan fingerprint density at radius 3 is 2.50 bits per heavy atom. The van der Waals surface area contributed by atoms with Crippen molar-refractivity contribution in [2.75, 3.05) is 0 Å². The van der Waals surface area contributed by atoms with Crippen molar-refractivity contribution in [1.29, 1.82) is 0 Å². The average Bonchev–Trinajstić information content (AvgIpc) is 2.30. The van der Waals surface area contributed by atoms with E-state index in [1.54, 1.807) is 24.5 Å². The van der Waals surface area contributed by atoms with Crippen LogP contribution in [0.2, 0.25) is 0 Å². The van der Waals surface area contributed by atoms with Crippen LogP contribution in [0.3, 0.4) is 0 Å². The smallest absolute Gasteiger partial charge is 0.248 e. The first-order chi connectivity index (χ1) is 7.68. The molecule has 16 heavy (non-hydrogen) atoms. The van der Waals surface area contributed by atoms with Crippen molar-refractivity contribution in [3.05, 3.63) is 54.1 Å². The van der Waals surface area contributed by atoms with E-state index in [4.69, 9.17) is 5.73 Å². The lowest BCUT2D eigenvalue weighted by molar-refractivity contribution is 0.100. The summed E-state index contributed by atoms with van der Waals surface area (Å²) in [5.41, 5.74) is 6.43. The topological polar surface area (TPSA) is 56.0 Å². The molecule has 0 aliphatic rings. The van der Waals surface area contributed by atoms with E-state index in [-0.39, 0.29) is 5.56 Å². The van der Waals surface area contributed by atoms with Gasteiger partial charge in [-0.15, -0.1) is 0 Å². The molecular weight excluding hydrogens is 207 g/mol. The molecule has 4 heteroatoms. The Bertz CT molecular complexity index is 526. The Morgan fingerprint density at radius 1 is 1.19 bits per heavy atom. The van der Waals surface area contributed by atoms with Crippen LogP contribution in [0.4, 0.5) is 4.39 Å². The molecule has 0 saturated heterocycles. The number of primary amides is 1. The van der Waals surface area contributed by atoms with Gasteiger partial charge in [0.2, 0.25) is 5.91 Å². The number of hydrogen-bond donors (Lipinski definition) is 1. The van der Waals surface area contributed by atoms with E-state index < -0.39 is 11.7 Å². The highest BCUT2D eigenvalue weighted by atomic mass is 19.1. The van der Waals surface area contributed by atoms with Gasteiger partial charge in [-0.25, -0.2) is 4.39 Å². The zero-order valence-corrected chi connectivity index (χ0v) is 8.35. The Balaban J connectivity index is 2.56. The summed E-state index contributed by atoms with van der Waals surface area (Å²) < 4.78 is 13.5. The summed E-state index contributed by atoms with van der Waals surface area (Å²) in [6.07, 6.45) is 3.12. The second-order valence-electron chi connectivity index (χ2n) is 3.29. The SMILES string of the molecule is NC(=O)c1ccc(F)c(-c2ccncc2)c1. The number of pyridine rings is 1. The van der Waals surface area contributed by atoms with Gasteiger partial charge in [0.15, 0.2) is 0 Å². The maximum absolute atomic E-state index is 13.5. The van der Waals surface area contributed by atoms with E-state index in [1.165, 1.54) is 18.2 Å². The fourth-order valence-corrected chi connectivity index (χ4v) is 1.43. The lowest BCUT2D eigenvalue weighted by atomic mass is 10.0.